The largest absolute Gasteiger partial charge is 0.495 e. The summed E-state index contributed by atoms with van der Waals surface area (Å²) in [5.74, 6) is -0.575. The van der Waals surface area contributed by atoms with E-state index in [-0.39, 0.29) is 6.04 Å². The molecule has 7 nitrogen and oxygen atoms in total. The van der Waals surface area contributed by atoms with Gasteiger partial charge in [-0.2, -0.15) is 0 Å². The Balaban J connectivity index is 0.000000323. The third-order valence-electron chi connectivity index (χ3n) is 8.28. The first-order chi connectivity index (χ1) is 21.7. The number of hydrogen-bond donors (Lipinski definition) is 3. The molecule has 3 atom stereocenters. The van der Waals surface area contributed by atoms with Gasteiger partial charge < -0.3 is 20.1 Å². The highest BCUT2D eigenvalue weighted by Gasteiger charge is 2.30. The van der Waals surface area contributed by atoms with Crippen LogP contribution in [-0.2, 0) is 11.3 Å². The number of aliphatic carboxylic acids is 1. The molecule has 0 saturated carbocycles. The van der Waals surface area contributed by atoms with Crippen molar-refractivity contribution in [2.75, 3.05) is 33.3 Å². The van der Waals surface area contributed by atoms with Crippen molar-refractivity contribution >= 4 is 44.3 Å². The summed E-state index contributed by atoms with van der Waals surface area (Å²) in [5, 5.41) is 31.7. The Labute approximate surface area is 279 Å². The molecule has 4 aromatic rings. The number of ether oxygens (including phenoxy) is 1. The number of fused-ring (bicyclic) bond motifs is 1. The molecule has 1 saturated heterocycles. The SMILES string of the molecule is CCCC[C@H]([C@H](O)c1ccc2c(Cl)c(OC)ccc2c1)N1CCN(Cc2ccccc2)CC1.O=C(O)[C@@H](O)c1ccccc1Br. The Morgan fingerprint density at radius 1 is 0.956 bits per heavy atom. The molecule has 1 heterocycles. The second kappa shape index (κ2) is 17.1. The molecule has 0 bridgehead atoms. The molecule has 240 valence electrons. The lowest BCUT2D eigenvalue weighted by Crippen LogP contribution is -2.51. The topological polar surface area (TPSA) is 93.5 Å². The number of aliphatic hydroxyl groups is 2. The van der Waals surface area contributed by atoms with Crippen LogP contribution in [0.15, 0.2) is 89.4 Å². The van der Waals surface area contributed by atoms with Crippen molar-refractivity contribution in [3.63, 3.8) is 0 Å². The van der Waals surface area contributed by atoms with E-state index in [1.165, 1.54) is 5.56 Å². The quantitative estimate of drug-likeness (QED) is 0.150. The first-order valence-corrected chi connectivity index (χ1v) is 16.5. The van der Waals surface area contributed by atoms with Crippen LogP contribution < -0.4 is 4.74 Å². The predicted molar refractivity (Wildman–Crippen MR) is 184 cm³/mol. The van der Waals surface area contributed by atoms with Gasteiger partial charge in [-0.25, -0.2) is 4.79 Å². The van der Waals surface area contributed by atoms with Crippen LogP contribution in [0.1, 0.15) is 55.1 Å². The molecule has 0 amide bonds. The second-order valence-electron chi connectivity index (χ2n) is 11.3. The molecule has 0 radical (unpaired) electrons. The van der Waals surface area contributed by atoms with Crippen molar-refractivity contribution in [3.05, 3.63) is 111 Å². The number of benzene rings is 4. The first kappa shape index (κ1) is 34.9. The van der Waals surface area contributed by atoms with Gasteiger partial charge in [0.15, 0.2) is 6.10 Å². The van der Waals surface area contributed by atoms with E-state index in [0.29, 0.717) is 20.8 Å². The van der Waals surface area contributed by atoms with Gasteiger partial charge >= 0.3 is 5.97 Å². The number of aliphatic hydroxyl groups excluding tert-OH is 2. The number of nitrogens with zero attached hydrogens (tertiary/aromatic N) is 2. The van der Waals surface area contributed by atoms with Gasteiger partial charge in [0.2, 0.25) is 0 Å². The maximum atomic E-state index is 11.5. The van der Waals surface area contributed by atoms with Crippen LogP contribution in [0.5, 0.6) is 5.75 Å². The summed E-state index contributed by atoms with van der Waals surface area (Å²) in [6.45, 7) is 7.22. The fourth-order valence-electron chi connectivity index (χ4n) is 5.73. The number of halogens is 2. The zero-order chi connectivity index (χ0) is 32.3. The maximum Gasteiger partial charge on any atom is 0.337 e. The molecule has 9 heteroatoms. The Kier molecular flexibility index (Phi) is 13.2. The van der Waals surface area contributed by atoms with Gasteiger partial charge in [-0.05, 0) is 41.1 Å². The second-order valence-corrected chi connectivity index (χ2v) is 12.5. The molecule has 45 heavy (non-hydrogen) atoms. The number of methoxy groups -OCH3 is 1. The third-order valence-corrected chi connectivity index (χ3v) is 9.39. The van der Waals surface area contributed by atoms with Crippen LogP contribution >= 0.6 is 27.5 Å². The standard InChI is InChI=1S/C28H35ClN2O2.C8H7BrO3/c1-3-4-10-25(31-17-15-30(16-18-31)20-21-8-6-5-7-9-21)28(32)23-11-13-24-22(19-23)12-14-26(33-2)27(24)29;9-6-4-2-1-3-5(6)7(10)8(11)12/h5-9,11-14,19,25,28,32H,3-4,10,15-18,20H2,1-2H3;1-4,7,10H,(H,11,12)/t25-,28-;7-/m10/s1. The number of unbranched alkanes of at least 4 members (excludes halogenated alkanes) is 1. The monoisotopic (exact) mass is 696 g/mol. The molecule has 5 rings (SSSR count). The first-order valence-electron chi connectivity index (χ1n) is 15.3. The van der Waals surface area contributed by atoms with Crippen LogP contribution in [0.2, 0.25) is 5.02 Å². The summed E-state index contributed by atoms with van der Waals surface area (Å²) in [6.07, 6.45) is 1.26. The fourth-order valence-corrected chi connectivity index (χ4v) is 6.55. The molecular weight excluding hydrogens is 656 g/mol. The molecule has 0 aliphatic carbocycles. The van der Waals surface area contributed by atoms with Gasteiger partial charge in [-0.15, -0.1) is 0 Å². The minimum absolute atomic E-state index is 0.120. The average molecular weight is 698 g/mol. The Bertz CT molecular complexity index is 1530. The Hall–Kier alpha value is -2.98. The van der Waals surface area contributed by atoms with Crippen LogP contribution in [0.25, 0.3) is 10.8 Å². The lowest BCUT2D eigenvalue weighted by Gasteiger charge is -2.41. The van der Waals surface area contributed by atoms with Crippen molar-refractivity contribution in [1.29, 1.82) is 0 Å². The molecule has 0 aromatic heterocycles. The highest BCUT2D eigenvalue weighted by atomic mass is 79.9. The summed E-state index contributed by atoms with van der Waals surface area (Å²) in [4.78, 5) is 15.4. The van der Waals surface area contributed by atoms with Gasteiger partial charge in [-0.3, -0.25) is 9.80 Å². The van der Waals surface area contributed by atoms with E-state index >= 15 is 0 Å². The van der Waals surface area contributed by atoms with E-state index in [1.807, 2.05) is 24.3 Å². The van der Waals surface area contributed by atoms with Crippen LogP contribution in [0, 0.1) is 0 Å². The third kappa shape index (κ3) is 9.28. The van der Waals surface area contributed by atoms with Crippen LogP contribution in [0.4, 0.5) is 0 Å². The van der Waals surface area contributed by atoms with Gasteiger partial charge in [0, 0.05) is 54.2 Å². The fraction of sp³-hybridized carbons (Fsp3) is 0.361. The number of carbonyl (C=O) groups is 1. The Morgan fingerprint density at radius 2 is 1.64 bits per heavy atom. The van der Waals surface area contributed by atoms with E-state index in [4.69, 9.17) is 26.6 Å². The number of carboxylic acids is 1. The molecule has 1 aliphatic rings. The number of rotatable bonds is 11. The molecule has 3 N–H and O–H groups in total. The van der Waals surface area contributed by atoms with Crippen molar-refractivity contribution in [3.8, 4) is 5.75 Å². The number of piperazine rings is 1. The number of hydrogen-bond acceptors (Lipinski definition) is 6. The summed E-state index contributed by atoms with van der Waals surface area (Å²) in [6, 6.07) is 27.5. The Morgan fingerprint density at radius 3 is 2.29 bits per heavy atom. The van der Waals surface area contributed by atoms with Crippen LogP contribution in [0.3, 0.4) is 0 Å². The summed E-state index contributed by atoms with van der Waals surface area (Å²) in [5.41, 5.74) is 2.68. The van der Waals surface area contributed by atoms with E-state index in [0.717, 1.165) is 68.3 Å². The van der Waals surface area contributed by atoms with Crippen molar-refractivity contribution in [1.82, 2.24) is 9.80 Å². The minimum atomic E-state index is -1.46. The minimum Gasteiger partial charge on any atom is -0.495 e. The maximum absolute atomic E-state index is 11.5. The normalized spacial score (nSPS) is 16.0. The number of carboxylic acid groups (broad SMARTS) is 1. The molecule has 4 aromatic carbocycles. The predicted octanol–water partition coefficient (Wildman–Crippen LogP) is 7.48. The van der Waals surface area contributed by atoms with E-state index in [1.54, 1.807) is 31.4 Å². The van der Waals surface area contributed by atoms with Crippen molar-refractivity contribution in [2.45, 2.75) is 51.0 Å². The average Bonchev–Trinajstić information content (AvgIpc) is 3.06. The molecule has 1 fully saturated rings. The molecule has 0 spiro atoms. The highest BCUT2D eigenvalue weighted by molar-refractivity contribution is 9.10. The van der Waals surface area contributed by atoms with Gasteiger partial charge in [0.25, 0.3) is 0 Å². The molecule has 1 aliphatic heterocycles. The smallest absolute Gasteiger partial charge is 0.337 e. The van der Waals surface area contributed by atoms with Crippen molar-refractivity contribution in [2.24, 2.45) is 0 Å². The van der Waals surface area contributed by atoms with Gasteiger partial charge in [-0.1, -0.05) is 114 Å². The highest BCUT2D eigenvalue weighted by Crippen LogP contribution is 2.35. The van der Waals surface area contributed by atoms with E-state index in [9.17, 15) is 9.90 Å². The summed E-state index contributed by atoms with van der Waals surface area (Å²) >= 11 is 9.64. The zero-order valence-electron chi connectivity index (χ0n) is 25.8. The van der Waals surface area contributed by atoms with Gasteiger partial charge in [0.05, 0.1) is 18.2 Å². The van der Waals surface area contributed by atoms with E-state index < -0.39 is 18.2 Å². The molecule has 0 unspecified atom stereocenters. The molecular formula is C36H42BrClN2O5. The van der Waals surface area contributed by atoms with Crippen LogP contribution in [-0.4, -0.2) is 70.4 Å². The lowest BCUT2D eigenvalue weighted by molar-refractivity contribution is -0.147. The summed E-state index contributed by atoms with van der Waals surface area (Å²) in [7, 11) is 1.63. The lowest BCUT2D eigenvalue weighted by atomic mass is 9.94. The zero-order valence-corrected chi connectivity index (χ0v) is 28.1. The van der Waals surface area contributed by atoms with E-state index in [2.05, 4.69) is 69.1 Å². The van der Waals surface area contributed by atoms with Crippen molar-refractivity contribution < 1.29 is 24.9 Å². The van der Waals surface area contributed by atoms with Gasteiger partial charge in [0.1, 0.15) is 5.75 Å². The summed E-state index contributed by atoms with van der Waals surface area (Å²) < 4.78 is 5.94.